The number of esters is 1. The summed E-state index contributed by atoms with van der Waals surface area (Å²) in [6.45, 7) is 3.32. The number of ether oxygens (including phenoxy) is 1. The van der Waals surface area contributed by atoms with Crippen molar-refractivity contribution in [1.29, 1.82) is 0 Å². The van der Waals surface area contributed by atoms with E-state index in [2.05, 4.69) is 6.58 Å². The molecule has 2 rings (SSSR count). The molecule has 0 heterocycles. The zero-order chi connectivity index (χ0) is 12.4. The van der Waals surface area contributed by atoms with Crippen LogP contribution in [0.2, 0.25) is 5.02 Å². The summed E-state index contributed by atoms with van der Waals surface area (Å²) in [5, 5.41) is 11.3. The van der Waals surface area contributed by atoms with Gasteiger partial charge in [-0.2, -0.15) is 0 Å². The van der Waals surface area contributed by atoms with E-state index in [1.807, 2.05) is 0 Å². The molecule has 0 amide bonds. The van der Waals surface area contributed by atoms with Crippen LogP contribution in [0.4, 0.5) is 0 Å². The van der Waals surface area contributed by atoms with Crippen LogP contribution < -0.4 is 4.74 Å². The molecule has 0 fully saturated rings. The Bertz CT molecular complexity index is 605. The molecule has 86 valence electrons. The number of phenolic OH excluding ortho intramolecular Hbond substituents is 1. The number of hydrogen-bond donors (Lipinski definition) is 1. The third kappa shape index (κ3) is 2.24. The van der Waals surface area contributed by atoms with E-state index in [0.29, 0.717) is 21.5 Å². The average molecular weight is 249 g/mol. The van der Waals surface area contributed by atoms with Gasteiger partial charge in [-0.15, -0.1) is 0 Å². The van der Waals surface area contributed by atoms with Crippen molar-refractivity contribution in [2.45, 2.75) is 0 Å². The van der Waals surface area contributed by atoms with Crippen molar-refractivity contribution in [3.63, 3.8) is 0 Å². The maximum atomic E-state index is 11.1. The maximum absolute atomic E-state index is 11.1. The van der Waals surface area contributed by atoms with Crippen LogP contribution in [0.25, 0.3) is 10.8 Å². The lowest BCUT2D eigenvalue weighted by Crippen LogP contribution is -2.03. The second-order valence-corrected chi connectivity index (χ2v) is 3.83. The summed E-state index contributed by atoms with van der Waals surface area (Å²) >= 11 is 5.84. The maximum Gasteiger partial charge on any atom is 0.335 e. The minimum atomic E-state index is -0.549. The molecule has 0 aromatic heterocycles. The molecule has 1 N–H and O–H groups in total. The molecule has 0 saturated heterocycles. The number of aromatic hydroxyl groups is 1. The van der Waals surface area contributed by atoms with Gasteiger partial charge in [0.2, 0.25) is 0 Å². The largest absolute Gasteiger partial charge is 0.507 e. The van der Waals surface area contributed by atoms with Crippen LogP contribution in [0.3, 0.4) is 0 Å². The molecule has 0 saturated carbocycles. The third-order valence-electron chi connectivity index (χ3n) is 2.29. The first-order valence-corrected chi connectivity index (χ1v) is 5.25. The molecule has 3 nitrogen and oxygen atoms in total. The molecule has 4 heteroatoms. The summed E-state index contributed by atoms with van der Waals surface area (Å²) in [5.41, 5.74) is 0. The minimum Gasteiger partial charge on any atom is -0.507 e. The van der Waals surface area contributed by atoms with Crippen molar-refractivity contribution >= 4 is 28.3 Å². The quantitative estimate of drug-likeness (QED) is 0.504. The topological polar surface area (TPSA) is 46.5 Å². The number of carbonyl (C=O) groups excluding carboxylic acids is 1. The summed E-state index contributed by atoms with van der Waals surface area (Å²) in [6, 6.07) is 7.92. The standard InChI is InChI=1S/C13H9ClO3/c1-2-13(16)17-12-6-5-11(15)10-7-8(14)3-4-9(10)12/h2-7,15H,1H2. The van der Waals surface area contributed by atoms with E-state index in [1.54, 1.807) is 18.2 Å². The van der Waals surface area contributed by atoms with Crippen molar-refractivity contribution in [3.05, 3.63) is 48.0 Å². The first kappa shape index (κ1) is 11.5. The van der Waals surface area contributed by atoms with E-state index in [9.17, 15) is 9.90 Å². The van der Waals surface area contributed by atoms with E-state index in [0.717, 1.165) is 6.08 Å². The van der Waals surface area contributed by atoms with E-state index >= 15 is 0 Å². The summed E-state index contributed by atoms with van der Waals surface area (Å²) in [5.74, 6) is -0.104. The molecule has 0 unspecified atom stereocenters. The Hall–Kier alpha value is -2.00. The third-order valence-corrected chi connectivity index (χ3v) is 2.53. The highest BCUT2D eigenvalue weighted by Gasteiger charge is 2.09. The average Bonchev–Trinajstić information content (AvgIpc) is 2.33. The van der Waals surface area contributed by atoms with Gasteiger partial charge in [-0.25, -0.2) is 4.79 Å². The molecule has 0 radical (unpaired) electrons. The molecular weight excluding hydrogens is 240 g/mol. The molecule has 2 aromatic carbocycles. The fourth-order valence-electron chi connectivity index (χ4n) is 1.52. The number of rotatable bonds is 2. The van der Waals surface area contributed by atoms with Gasteiger partial charge in [0.25, 0.3) is 0 Å². The van der Waals surface area contributed by atoms with Crippen molar-refractivity contribution in [2.24, 2.45) is 0 Å². The second kappa shape index (κ2) is 4.47. The molecule has 0 aliphatic heterocycles. The minimum absolute atomic E-state index is 0.0842. The first-order chi connectivity index (χ1) is 8.11. The lowest BCUT2D eigenvalue weighted by Gasteiger charge is -2.07. The van der Waals surface area contributed by atoms with Gasteiger partial charge in [0.1, 0.15) is 11.5 Å². The number of phenols is 1. The zero-order valence-electron chi connectivity index (χ0n) is 8.81. The van der Waals surface area contributed by atoms with Gasteiger partial charge in [0.05, 0.1) is 0 Å². The summed E-state index contributed by atoms with van der Waals surface area (Å²) < 4.78 is 5.06. The number of fused-ring (bicyclic) bond motifs is 1. The molecular formula is C13H9ClO3. The summed E-state index contributed by atoms with van der Waals surface area (Å²) in [6.07, 6.45) is 1.08. The Morgan fingerprint density at radius 3 is 2.76 bits per heavy atom. The van der Waals surface area contributed by atoms with Gasteiger partial charge in [-0.05, 0) is 30.3 Å². The highest BCUT2D eigenvalue weighted by molar-refractivity contribution is 6.31. The molecule has 0 atom stereocenters. The van der Waals surface area contributed by atoms with E-state index in [-0.39, 0.29) is 5.75 Å². The van der Waals surface area contributed by atoms with Gasteiger partial charge in [-0.3, -0.25) is 0 Å². The smallest absolute Gasteiger partial charge is 0.335 e. The SMILES string of the molecule is C=CC(=O)Oc1ccc(O)c2cc(Cl)ccc12. The van der Waals surface area contributed by atoms with Crippen LogP contribution in [0.1, 0.15) is 0 Å². The van der Waals surface area contributed by atoms with Gasteiger partial charge in [0, 0.05) is 21.9 Å². The second-order valence-electron chi connectivity index (χ2n) is 3.40. The predicted molar refractivity (Wildman–Crippen MR) is 66.5 cm³/mol. The monoisotopic (exact) mass is 248 g/mol. The molecule has 2 aromatic rings. The lowest BCUT2D eigenvalue weighted by molar-refractivity contribution is -0.128. The molecule has 0 aliphatic carbocycles. The van der Waals surface area contributed by atoms with Gasteiger partial charge >= 0.3 is 5.97 Å². The van der Waals surface area contributed by atoms with Crippen molar-refractivity contribution < 1.29 is 14.6 Å². The fourth-order valence-corrected chi connectivity index (χ4v) is 1.69. The van der Waals surface area contributed by atoms with Crippen LogP contribution in [-0.2, 0) is 4.79 Å². The van der Waals surface area contributed by atoms with Gasteiger partial charge in [-0.1, -0.05) is 18.2 Å². The number of carbonyl (C=O) groups is 1. The predicted octanol–water partition coefficient (Wildman–Crippen LogP) is 3.29. The number of benzene rings is 2. The Morgan fingerprint density at radius 2 is 2.06 bits per heavy atom. The summed E-state index contributed by atoms with van der Waals surface area (Å²) in [4.78, 5) is 11.1. The van der Waals surface area contributed by atoms with Crippen molar-refractivity contribution in [1.82, 2.24) is 0 Å². The van der Waals surface area contributed by atoms with Crippen LogP contribution in [0.5, 0.6) is 11.5 Å². The number of halogens is 1. The van der Waals surface area contributed by atoms with Gasteiger partial charge < -0.3 is 9.84 Å². The molecule has 17 heavy (non-hydrogen) atoms. The Balaban J connectivity index is 2.61. The van der Waals surface area contributed by atoms with Crippen LogP contribution in [0, 0.1) is 0 Å². The van der Waals surface area contributed by atoms with E-state index < -0.39 is 5.97 Å². The van der Waals surface area contributed by atoms with Crippen molar-refractivity contribution in [3.8, 4) is 11.5 Å². The highest BCUT2D eigenvalue weighted by Crippen LogP contribution is 2.34. The van der Waals surface area contributed by atoms with Crippen molar-refractivity contribution in [2.75, 3.05) is 0 Å². The van der Waals surface area contributed by atoms with E-state index in [1.165, 1.54) is 12.1 Å². The normalized spacial score (nSPS) is 10.2. The first-order valence-electron chi connectivity index (χ1n) is 4.87. The lowest BCUT2D eigenvalue weighted by atomic mass is 10.1. The Morgan fingerprint density at radius 1 is 1.29 bits per heavy atom. The summed E-state index contributed by atoms with van der Waals surface area (Å²) in [7, 11) is 0. The zero-order valence-corrected chi connectivity index (χ0v) is 9.57. The highest BCUT2D eigenvalue weighted by atomic mass is 35.5. The molecule has 0 spiro atoms. The fraction of sp³-hybridized carbons (Fsp3) is 0. The van der Waals surface area contributed by atoms with E-state index in [4.69, 9.17) is 16.3 Å². The van der Waals surface area contributed by atoms with Crippen LogP contribution in [-0.4, -0.2) is 11.1 Å². The van der Waals surface area contributed by atoms with Gasteiger partial charge in [0.15, 0.2) is 0 Å². The Kier molecular flexibility index (Phi) is 3.02. The van der Waals surface area contributed by atoms with Crippen LogP contribution >= 0.6 is 11.6 Å². The number of hydrogen-bond acceptors (Lipinski definition) is 3. The van der Waals surface area contributed by atoms with Crippen LogP contribution in [0.15, 0.2) is 43.0 Å². The Labute approximate surface area is 103 Å². The molecule has 0 aliphatic rings. The molecule has 0 bridgehead atoms.